The first-order valence-corrected chi connectivity index (χ1v) is 12.5. The summed E-state index contributed by atoms with van der Waals surface area (Å²) >= 11 is 1.55. The van der Waals surface area contributed by atoms with Crippen LogP contribution in [0.1, 0.15) is 47.8 Å². The van der Waals surface area contributed by atoms with Crippen molar-refractivity contribution in [2.75, 3.05) is 13.1 Å². The number of carbonyl (C=O) groups excluding carboxylic acids is 2. The molecule has 0 bridgehead atoms. The van der Waals surface area contributed by atoms with Gasteiger partial charge in [-0.25, -0.2) is 4.98 Å². The fraction of sp³-hybridized carbons (Fsp3) is 0.296. The minimum absolute atomic E-state index is 0.0151. The van der Waals surface area contributed by atoms with Crippen molar-refractivity contribution in [3.63, 3.8) is 0 Å². The molecule has 0 unspecified atom stereocenters. The first kappa shape index (κ1) is 23.3. The van der Waals surface area contributed by atoms with Gasteiger partial charge in [0.05, 0.1) is 22.4 Å². The van der Waals surface area contributed by atoms with Crippen LogP contribution in [0.3, 0.4) is 0 Å². The fourth-order valence-corrected chi connectivity index (χ4v) is 5.33. The van der Waals surface area contributed by atoms with E-state index in [4.69, 9.17) is 4.42 Å². The van der Waals surface area contributed by atoms with Gasteiger partial charge in [-0.15, -0.1) is 11.3 Å². The number of hydrogen-bond donors (Lipinski definition) is 2. The van der Waals surface area contributed by atoms with Gasteiger partial charge in [-0.3, -0.25) is 9.59 Å². The van der Waals surface area contributed by atoms with Gasteiger partial charge in [-0.2, -0.15) is 0 Å². The number of benzene rings is 2. The average Bonchev–Trinajstić information content (AvgIpc) is 3.50. The number of nitrogens with one attached hydrogen (secondary N) is 1. The van der Waals surface area contributed by atoms with Gasteiger partial charge in [-0.05, 0) is 62.6 Å². The summed E-state index contributed by atoms with van der Waals surface area (Å²) < 4.78 is 6.85. The van der Waals surface area contributed by atoms with Gasteiger partial charge in [0.25, 0.3) is 5.91 Å². The van der Waals surface area contributed by atoms with Crippen molar-refractivity contribution in [3.05, 3.63) is 76.5 Å². The number of allylic oxidation sites excluding steroid dienone is 1. The summed E-state index contributed by atoms with van der Waals surface area (Å²) in [4.78, 5) is 31.5. The highest BCUT2D eigenvalue weighted by molar-refractivity contribution is 7.18. The molecular weight excluding hydrogens is 462 g/mol. The van der Waals surface area contributed by atoms with E-state index in [-0.39, 0.29) is 17.6 Å². The maximum absolute atomic E-state index is 12.7. The van der Waals surface area contributed by atoms with Crippen LogP contribution in [0.4, 0.5) is 0 Å². The quantitative estimate of drug-likeness (QED) is 0.395. The Balaban J connectivity index is 1.27. The number of amides is 2. The number of aromatic nitrogens is 1. The van der Waals surface area contributed by atoms with Crippen LogP contribution in [-0.4, -0.2) is 39.9 Å². The van der Waals surface area contributed by atoms with E-state index in [1.54, 1.807) is 28.4 Å². The average molecular weight is 490 g/mol. The zero-order chi connectivity index (χ0) is 24.6. The second-order valence-corrected chi connectivity index (χ2v) is 10.0. The maximum atomic E-state index is 12.7. The second-order valence-electron chi connectivity index (χ2n) is 8.92. The normalized spacial score (nSPS) is 16.1. The number of carbonyl (C=O) groups is 2. The summed E-state index contributed by atoms with van der Waals surface area (Å²) in [6.07, 6.45) is 2.71. The molecule has 8 heteroatoms. The number of hydrogen-bond acceptors (Lipinski definition) is 6. The third-order valence-corrected chi connectivity index (χ3v) is 7.70. The van der Waals surface area contributed by atoms with Crippen molar-refractivity contribution in [3.8, 4) is 0 Å². The van der Waals surface area contributed by atoms with E-state index in [2.05, 4.69) is 10.3 Å². The number of rotatable bonds is 5. The molecule has 2 aromatic carbocycles. The summed E-state index contributed by atoms with van der Waals surface area (Å²) in [6, 6.07) is 15.1. The third kappa shape index (κ3) is 4.59. The van der Waals surface area contributed by atoms with Crippen molar-refractivity contribution >= 4 is 44.3 Å². The van der Waals surface area contributed by atoms with E-state index >= 15 is 0 Å². The number of aliphatic hydroxyl groups is 1. The van der Waals surface area contributed by atoms with E-state index < -0.39 is 5.60 Å². The van der Waals surface area contributed by atoms with E-state index in [1.165, 1.54) is 0 Å². The van der Waals surface area contributed by atoms with Crippen LogP contribution >= 0.6 is 11.3 Å². The number of piperidine rings is 1. The predicted molar refractivity (Wildman–Crippen MR) is 136 cm³/mol. The molecule has 35 heavy (non-hydrogen) atoms. The molecule has 1 saturated heterocycles. The van der Waals surface area contributed by atoms with Gasteiger partial charge in [0, 0.05) is 24.0 Å². The fourth-order valence-electron chi connectivity index (χ4n) is 4.42. The monoisotopic (exact) mass is 489 g/mol. The molecule has 0 aliphatic carbocycles. The van der Waals surface area contributed by atoms with Gasteiger partial charge in [-0.1, -0.05) is 24.3 Å². The van der Waals surface area contributed by atoms with Crippen molar-refractivity contribution in [1.29, 1.82) is 0 Å². The lowest BCUT2D eigenvalue weighted by Crippen LogP contribution is -2.45. The molecule has 0 spiro atoms. The Morgan fingerprint density at radius 3 is 2.71 bits per heavy atom. The largest absolute Gasteiger partial charge is 0.451 e. The van der Waals surface area contributed by atoms with Crippen LogP contribution in [0, 0.1) is 0 Å². The summed E-state index contributed by atoms with van der Waals surface area (Å²) in [5.74, 6) is -0.0827. The summed E-state index contributed by atoms with van der Waals surface area (Å²) in [7, 11) is 0. The number of thiazole rings is 1. The number of fused-ring (bicyclic) bond motifs is 2. The van der Waals surface area contributed by atoms with E-state index in [0.717, 1.165) is 26.2 Å². The Bertz CT molecular complexity index is 1410. The van der Waals surface area contributed by atoms with Gasteiger partial charge < -0.3 is 19.7 Å². The van der Waals surface area contributed by atoms with Gasteiger partial charge in [0.1, 0.15) is 10.6 Å². The molecule has 7 nitrogen and oxygen atoms in total. The van der Waals surface area contributed by atoms with Crippen LogP contribution in [0.25, 0.3) is 21.2 Å². The lowest BCUT2D eigenvalue weighted by atomic mass is 9.84. The number of para-hydroxylation sites is 1. The molecular formula is C27H27N3O4S. The van der Waals surface area contributed by atoms with Crippen molar-refractivity contribution in [2.45, 2.75) is 38.8 Å². The first-order chi connectivity index (χ1) is 16.9. The highest BCUT2D eigenvalue weighted by atomic mass is 32.1. The van der Waals surface area contributed by atoms with Crippen molar-refractivity contribution in [2.24, 2.45) is 0 Å². The Labute approximate surface area is 207 Å². The number of nitrogens with zero attached hydrogens (tertiary/aromatic N) is 2. The highest BCUT2D eigenvalue weighted by Gasteiger charge is 2.36. The molecule has 2 aromatic heterocycles. The Morgan fingerprint density at radius 1 is 1.20 bits per heavy atom. The molecule has 2 amide bonds. The Morgan fingerprint density at radius 2 is 1.97 bits per heavy atom. The van der Waals surface area contributed by atoms with Crippen LogP contribution in [-0.2, 0) is 16.9 Å². The zero-order valence-electron chi connectivity index (χ0n) is 19.7. The third-order valence-electron chi connectivity index (χ3n) is 6.66. The van der Waals surface area contributed by atoms with E-state index in [9.17, 15) is 14.7 Å². The predicted octanol–water partition coefficient (Wildman–Crippen LogP) is 4.75. The molecule has 0 radical (unpaired) electrons. The first-order valence-electron chi connectivity index (χ1n) is 11.7. The molecule has 3 heterocycles. The van der Waals surface area contributed by atoms with Crippen molar-refractivity contribution in [1.82, 2.24) is 15.2 Å². The lowest BCUT2D eigenvalue weighted by Gasteiger charge is -2.38. The van der Waals surface area contributed by atoms with Gasteiger partial charge >= 0.3 is 0 Å². The van der Waals surface area contributed by atoms with Crippen LogP contribution in [0.5, 0.6) is 0 Å². The molecule has 0 atom stereocenters. The zero-order valence-corrected chi connectivity index (χ0v) is 20.5. The van der Waals surface area contributed by atoms with Crippen LogP contribution in [0.2, 0.25) is 0 Å². The lowest BCUT2D eigenvalue weighted by molar-refractivity contribution is -0.131. The molecule has 180 valence electrons. The SMILES string of the molecule is C/C=C(\C)C(=O)N1CCC(O)(c2ccc3oc(C(=O)NCc4nc5ccccc5s4)cc3c2)CC1. The summed E-state index contributed by atoms with van der Waals surface area (Å²) in [6.45, 7) is 4.96. The second kappa shape index (κ2) is 9.28. The summed E-state index contributed by atoms with van der Waals surface area (Å²) in [5, 5.41) is 15.8. The van der Waals surface area contributed by atoms with E-state index in [1.807, 2.05) is 56.3 Å². The molecule has 1 aliphatic rings. The smallest absolute Gasteiger partial charge is 0.287 e. The minimum atomic E-state index is -1.03. The van der Waals surface area contributed by atoms with Crippen molar-refractivity contribution < 1.29 is 19.1 Å². The molecule has 5 rings (SSSR count). The van der Waals surface area contributed by atoms with Crippen LogP contribution < -0.4 is 5.32 Å². The number of furan rings is 1. The molecule has 1 fully saturated rings. The van der Waals surface area contributed by atoms with E-state index in [0.29, 0.717) is 43.6 Å². The molecule has 4 aromatic rings. The standard InChI is InChI=1S/C27H27N3O4S/c1-3-17(2)26(32)30-12-10-27(33,11-13-30)19-8-9-21-18(14-19)15-22(34-21)25(31)28-16-24-29-20-6-4-5-7-23(20)35-24/h3-9,14-15,33H,10-13,16H2,1-2H3,(H,28,31)/b17-3+. The highest BCUT2D eigenvalue weighted by Crippen LogP contribution is 2.35. The summed E-state index contributed by atoms with van der Waals surface area (Å²) in [5.41, 5.74) is 1.95. The molecule has 2 N–H and O–H groups in total. The van der Waals surface area contributed by atoms with Gasteiger partial charge in [0.15, 0.2) is 5.76 Å². The topological polar surface area (TPSA) is 95.7 Å². The minimum Gasteiger partial charge on any atom is -0.451 e. The molecule has 1 aliphatic heterocycles. The maximum Gasteiger partial charge on any atom is 0.287 e. The van der Waals surface area contributed by atoms with Crippen LogP contribution in [0.15, 0.2) is 64.6 Å². The molecule has 0 saturated carbocycles. The van der Waals surface area contributed by atoms with Gasteiger partial charge in [0.2, 0.25) is 5.91 Å². The Kier molecular flexibility index (Phi) is 6.17. The Hall–Kier alpha value is -3.49. The number of likely N-dealkylation sites (tertiary alicyclic amines) is 1.